The van der Waals surface area contributed by atoms with E-state index in [1.165, 1.54) is 44.2 Å². The molecule has 0 aromatic heterocycles. The van der Waals surface area contributed by atoms with E-state index in [4.69, 9.17) is 5.73 Å². The predicted octanol–water partition coefficient (Wildman–Crippen LogP) is 2.97. The first kappa shape index (κ1) is 22.8. The van der Waals surface area contributed by atoms with Crippen molar-refractivity contribution in [3.05, 3.63) is 30.3 Å². The summed E-state index contributed by atoms with van der Waals surface area (Å²) in [4.78, 5) is 21.1. The number of guanidine groups is 1. The third-order valence-electron chi connectivity index (χ3n) is 5.57. The molecule has 1 saturated heterocycles. The van der Waals surface area contributed by atoms with Gasteiger partial charge in [-0.05, 0) is 25.0 Å². The van der Waals surface area contributed by atoms with Crippen molar-refractivity contribution >= 4 is 41.5 Å². The Kier molecular flexibility index (Phi) is 9.87. The maximum Gasteiger partial charge on any atom is 0.224 e. The highest BCUT2D eigenvalue weighted by Crippen LogP contribution is 2.17. The molecule has 1 aliphatic heterocycles. The van der Waals surface area contributed by atoms with E-state index in [-0.39, 0.29) is 29.9 Å². The number of hydrogen-bond donors (Lipinski definition) is 2. The van der Waals surface area contributed by atoms with Gasteiger partial charge in [-0.15, -0.1) is 24.0 Å². The summed E-state index contributed by atoms with van der Waals surface area (Å²) in [6, 6.07) is 10.8. The van der Waals surface area contributed by atoms with Gasteiger partial charge >= 0.3 is 0 Å². The number of carbonyl (C=O) groups excluding carboxylic acids is 1. The summed E-state index contributed by atoms with van der Waals surface area (Å²) in [7, 11) is 0. The average Bonchev–Trinajstić information content (AvgIpc) is 2.97. The number of aliphatic imine (C=N–C) groups is 1. The van der Waals surface area contributed by atoms with Crippen molar-refractivity contribution in [3.8, 4) is 0 Å². The SMILES string of the molecule is I.NC(=NCCC(=O)N1CCN(c2ccccc2)CC1)NC1CCCCCC1. The van der Waals surface area contributed by atoms with E-state index in [0.29, 0.717) is 25.0 Å². The smallest absolute Gasteiger partial charge is 0.224 e. The first-order valence-electron chi connectivity index (χ1n) is 10.4. The number of amides is 1. The Hall–Kier alpha value is -1.51. The summed E-state index contributed by atoms with van der Waals surface area (Å²) in [5, 5.41) is 3.33. The molecule has 28 heavy (non-hydrogen) atoms. The van der Waals surface area contributed by atoms with Crippen LogP contribution in [0.3, 0.4) is 0 Å². The predicted molar refractivity (Wildman–Crippen MR) is 126 cm³/mol. The lowest BCUT2D eigenvalue weighted by atomic mass is 10.1. The molecule has 1 aromatic rings. The van der Waals surface area contributed by atoms with E-state index in [2.05, 4.69) is 39.5 Å². The molecule has 2 fully saturated rings. The van der Waals surface area contributed by atoms with Crippen molar-refractivity contribution in [2.24, 2.45) is 10.7 Å². The number of rotatable bonds is 5. The molecule has 7 heteroatoms. The van der Waals surface area contributed by atoms with Crippen LogP contribution in [0, 0.1) is 0 Å². The largest absolute Gasteiger partial charge is 0.370 e. The average molecular weight is 499 g/mol. The second kappa shape index (κ2) is 12.1. The summed E-state index contributed by atoms with van der Waals surface area (Å²) >= 11 is 0. The minimum absolute atomic E-state index is 0. The lowest BCUT2D eigenvalue weighted by Crippen LogP contribution is -2.49. The molecule has 1 aromatic carbocycles. The van der Waals surface area contributed by atoms with Gasteiger partial charge in [-0.25, -0.2) is 0 Å². The number of nitrogens with two attached hydrogens (primary N) is 1. The maximum absolute atomic E-state index is 12.4. The zero-order chi connectivity index (χ0) is 18.9. The fraction of sp³-hybridized carbons (Fsp3) is 0.619. The topological polar surface area (TPSA) is 74.0 Å². The molecule has 156 valence electrons. The number of para-hydroxylation sites is 1. The molecule has 1 amide bonds. The van der Waals surface area contributed by atoms with Gasteiger partial charge in [0.15, 0.2) is 5.96 Å². The highest BCUT2D eigenvalue weighted by Gasteiger charge is 2.20. The molecular formula is C21H34IN5O. The van der Waals surface area contributed by atoms with E-state index >= 15 is 0 Å². The van der Waals surface area contributed by atoms with Crippen molar-refractivity contribution in [3.63, 3.8) is 0 Å². The number of carbonyl (C=O) groups is 1. The Morgan fingerprint density at radius 2 is 1.68 bits per heavy atom. The molecule has 0 radical (unpaired) electrons. The van der Waals surface area contributed by atoms with Gasteiger partial charge in [0.05, 0.1) is 6.54 Å². The Labute approximate surface area is 186 Å². The highest BCUT2D eigenvalue weighted by atomic mass is 127. The Morgan fingerprint density at radius 1 is 1.04 bits per heavy atom. The van der Waals surface area contributed by atoms with Crippen molar-refractivity contribution in [1.82, 2.24) is 10.2 Å². The van der Waals surface area contributed by atoms with Crippen LogP contribution in [-0.2, 0) is 4.79 Å². The molecule has 1 saturated carbocycles. The number of benzene rings is 1. The number of nitrogens with zero attached hydrogens (tertiary/aromatic N) is 3. The second-order valence-corrected chi connectivity index (χ2v) is 7.55. The van der Waals surface area contributed by atoms with E-state index < -0.39 is 0 Å². The molecule has 1 aliphatic carbocycles. The zero-order valence-corrected chi connectivity index (χ0v) is 19.0. The van der Waals surface area contributed by atoms with Crippen LogP contribution in [0.2, 0.25) is 0 Å². The summed E-state index contributed by atoms with van der Waals surface area (Å²) in [5.74, 6) is 0.664. The minimum atomic E-state index is 0. The van der Waals surface area contributed by atoms with Crippen molar-refractivity contribution in [2.75, 3.05) is 37.6 Å². The molecular weight excluding hydrogens is 465 g/mol. The van der Waals surface area contributed by atoms with Gasteiger partial charge in [0.2, 0.25) is 5.91 Å². The van der Waals surface area contributed by atoms with Crippen molar-refractivity contribution in [2.45, 2.75) is 51.0 Å². The minimum Gasteiger partial charge on any atom is -0.370 e. The molecule has 6 nitrogen and oxygen atoms in total. The quantitative estimate of drug-likeness (QED) is 0.283. The monoisotopic (exact) mass is 499 g/mol. The first-order valence-corrected chi connectivity index (χ1v) is 10.4. The molecule has 3 rings (SSSR count). The summed E-state index contributed by atoms with van der Waals surface area (Å²) in [6.07, 6.45) is 7.93. The van der Waals surface area contributed by atoms with Crippen LogP contribution >= 0.6 is 24.0 Å². The Bertz CT molecular complexity index is 608. The van der Waals surface area contributed by atoms with Crippen LogP contribution < -0.4 is 16.0 Å². The van der Waals surface area contributed by atoms with E-state index in [1.807, 2.05) is 11.0 Å². The first-order chi connectivity index (χ1) is 13.2. The standard InChI is InChI=1S/C21H33N5O.HI/c22-21(24-18-8-4-1-2-5-9-18)23-13-12-20(27)26-16-14-25(15-17-26)19-10-6-3-7-11-19;/h3,6-7,10-11,18H,1-2,4-5,8-9,12-17H2,(H3,22,23,24);1H. The summed E-state index contributed by atoms with van der Waals surface area (Å²) < 4.78 is 0. The Morgan fingerprint density at radius 3 is 2.32 bits per heavy atom. The van der Waals surface area contributed by atoms with Gasteiger partial charge in [-0.1, -0.05) is 43.9 Å². The van der Waals surface area contributed by atoms with Crippen molar-refractivity contribution in [1.29, 1.82) is 0 Å². The Balaban J connectivity index is 0.00000280. The second-order valence-electron chi connectivity index (χ2n) is 7.55. The lowest BCUT2D eigenvalue weighted by Gasteiger charge is -2.36. The number of hydrogen-bond acceptors (Lipinski definition) is 3. The normalized spacial score (nSPS) is 18.9. The van der Waals surface area contributed by atoms with Gasteiger partial charge in [0, 0.05) is 44.3 Å². The van der Waals surface area contributed by atoms with E-state index in [1.54, 1.807) is 0 Å². The van der Waals surface area contributed by atoms with E-state index in [9.17, 15) is 4.79 Å². The van der Waals surface area contributed by atoms with Gasteiger partial charge in [-0.2, -0.15) is 0 Å². The summed E-state index contributed by atoms with van der Waals surface area (Å²) in [6.45, 7) is 3.76. The molecule has 0 atom stereocenters. The van der Waals surface area contributed by atoms with Gasteiger partial charge in [-0.3, -0.25) is 9.79 Å². The highest BCUT2D eigenvalue weighted by molar-refractivity contribution is 14.0. The van der Waals surface area contributed by atoms with Crippen LogP contribution in [0.25, 0.3) is 0 Å². The fourth-order valence-electron chi connectivity index (χ4n) is 3.96. The van der Waals surface area contributed by atoms with E-state index in [0.717, 1.165) is 26.2 Å². The zero-order valence-electron chi connectivity index (χ0n) is 16.7. The van der Waals surface area contributed by atoms with Gasteiger partial charge in [0.25, 0.3) is 0 Å². The number of nitrogens with one attached hydrogen (secondary N) is 1. The number of anilines is 1. The van der Waals surface area contributed by atoms with Gasteiger partial charge in [0.1, 0.15) is 0 Å². The van der Waals surface area contributed by atoms with Gasteiger partial charge < -0.3 is 20.9 Å². The van der Waals surface area contributed by atoms with Crippen molar-refractivity contribution < 1.29 is 4.79 Å². The molecule has 2 aliphatic rings. The molecule has 0 unspecified atom stereocenters. The molecule has 0 bridgehead atoms. The van der Waals surface area contributed by atoms with Crippen LogP contribution in [0.1, 0.15) is 44.9 Å². The molecule has 0 spiro atoms. The molecule has 1 heterocycles. The third-order valence-corrected chi connectivity index (χ3v) is 5.57. The van der Waals surface area contributed by atoms with Crippen LogP contribution in [0.4, 0.5) is 5.69 Å². The van der Waals surface area contributed by atoms with Crippen LogP contribution in [0.5, 0.6) is 0 Å². The number of piperazine rings is 1. The maximum atomic E-state index is 12.4. The van der Waals surface area contributed by atoms with Crippen LogP contribution in [-0.4, -0.2) is 55.5 Å². The summed E-state index contributed by atoms with van der Waals surface area (Å²) in [5.41, 5.74) is 7.24. The molecule has 3 N–H and O–H groups in total. The van der Waals surface area contributed by atoms with Crippen LogP contribution in [0.15, 0.2) is 35.3 Å². The third kappa shape index (κ3) is 7.14. The fourth-order valence-corrected chi connectivity index (χ4v) is 3.96. The number of halogens is 1. The lowest BCUT2D eigenvalue weighted by molar-refractivity contribution is -0.131.